The van der Waals surface area contributed by atoms with Crippen LogP contribution in [-0.4, -0.2) is 15.1 Å². The summed E-state index contributed by atoms with van der Waals surface area (Å²) in [6.45, 7) is 0. The molecule has 5 nitrogen and oxygen atoms in total. The van der Waals surface area contributed by atoms with Crippen molar-refractivity contribution in [3.8, 4) is 11.1 Å². The SMILES string of the molecule is O=C(Cl)c1[nH]c2ccc([N+](=O)[O-])cc2c1-c1ccccc1. The molecular formula is C15H9ClN2O3. The molecule has 0 saturated heterocycles. The fraction of sp³-hybridized carbons (Fsp3) is 0. The van der Waals surface area contributed by atoms with Gasteiger partial charge in [0.2, 0.25) is 0 Å². The summed E-state index contributed by atoms with van der Waals surface area (Å²) in [6.07, 6.45) is 0. The third kappa shape index (κ3) is 2.28. The van der Waals surface area contributed by atoms with Gasteiger partial charge < -0.3 is 4.98 Å². The number of hydrogen-bond acceptors (Lipinski definition) is 3. The van der Waals surface area contributed by atoms with E-state index in [1.165, 1.54) is 12.1 Å². The number of non-ortho nitro benzene ring substituents is 1. The van der Waals surface area contributed by atoms with Crippen LogP contribution in [0.3, 0.4) is 0 Å². The first-order valence-corrected chi connectivity index (χ1v) is 6.51. The normalized spacial score (nSPS) is 10.7. The van der Waals surface area contributed by atoms with Crippen LogP contribution in [0.25, 0.3) is 22.0 Å². The number of hydrogen-bond donors (Lipinski definition) is 1. The molecule has 0 radical (unpaired) electrons. The summed E-state index contributed by atoms with van der Waals surface area (Å²) in [5.41, 5.74) is 2.18. The molecule has 0 unspecified atom stereocenters. The van der Waals surface area contributed by atoms with E-state index in [1.54, 1.807) is 6.07 Å². The van der Waals surface area contributed by atoms with Crippen molar-refractivity contribution in [2.24, 2.45) is 0 Å². The van der Waals surface area contributed by atoms with E-state index in [0.717, 1.165) is 5.56 Å². The lowest BCUT2D eigenvalue weighted by molar-refractivity contribution is -0.384. The van der Waals surface area contributed by atoms with Crippen molar-refractivity contribution in [1.29, 1.82) is 0 Å². The maximum atomic E-state index is 11.6. The Morgan fingerprint density at radius 2 is 1.86 bits per heavy atom. The van der Waals surface area contributed by atoms with Crippen LogP contribution in [-0.2, 0) is 0 Å². The van der Waals surface area contributed by atoms with E-state index in [9.17, 15) is 14.9 Å². The van der Waals surface area contributed by atoms with E-state index in [1.807, 2.05) is 30.3 Å². The first kappa shape index (κ1) is 13.3. The summed E-state index contributed by atoms with van der Waals surface area (Å²) in [6, 6.07) is 13.6. The van der Waals surface area contributed by atoms with Gasteiger partial charge in [0.25, 0.3) is 10.9 Å². The minimum absolute atomic E-state index is 0.0350. The monoisotopic (exact) mass is 300 g/mol. The Morgan fingerprint density at radius 3 is 2.48 bits per heavy atom. The molecule has 1 heterocycles. The maximum Gasteiger partial charge on any atom is 0.270 e. The van der Waals surface area contributed by atoms with Gasteiger partial charge in [-0.05, 0) is 23.2 Å². The lowest BCUT2D eigenvalue weighted by atomic mass is 10.0. The molecule has 0 aliphatic heterocycles. The molecule has 0 aliphatic rings. The van der Waals surface area contributed by atoms with Gasteiger partial charge in [0.05, 0.1) is 4.92 Å². The molecule has 3 aromatic rings. The highest BCUT2D eigenvalue weighted by Crippen LogP contribution is 2.35. The van der Waals surface area contributed by atoms with Crippen LogP contribution < -0.4 is 0 Å². The molecule has 1 aromatic heterocycles. The number of benzene rings is 2. The van der Waals surface area contributed by atoms with E-state index in [0.29, 0.717) is 16.5 Å². The number of rotatable bonds is 3. The van der Waals surface area contributed by atoms with E-state index < -0.39 is 10.2 Å². The van der Waals surface area contributed by atoms with Crippen LogP contribution in [0.5, 0.6) is 0 Å². The summed E-state index contributed by atoms with van der Waals surface area (Å²) in [5, 5.41) is 10.9. The zero-order valence-electron chi connectivity index (χ0n) is 10.7. The number of H-pyrrole nitrogens is 1. The number of nitro groups is 1. The largest absolute Gasteiger partial charge is 0.351 e. The average molecular weight is 301 g/mol. The van der Waals surface area contributed by atoms with Gasteiger partial charge in [-0.1, -0.05) is 30.3 Å². The van der Waals surface area contributed by atoms with Crippen molar-refractivity contribution >= 4 is 33.4 Å². The summed E-state index contributed by atoms with van der Waals surface area (Å²) in [4.78, 5) is 25.0. The number of carbonyl (C=O) groups excluding carboxylic acids is 1. The average Bonchev–Trinajstić information content (AvgIpc) is 2.86. The van der Waals surface area contributed by atoms with Gasteiger partial charge in [-0.3, -0.25) is 14.9 Å². The van der Waals surface area contributed by atoms with Gasteiger partial charge in [0.15, 0.2) is 0 Å². The number of carbonyl (C=O) groups is 1. The minimum Gasteiger partial charge on any atom is -0.351 e. The summed E-state index contributed by atoms with van der Waals surface area (Å²) in [5.74, 6) is 0. The van der Waals surface area contributed by atoms with Crippen molar-refractivity contribution in [3.05, 3.63) is 64.3 Å². The molecular weight excluding hydrogens is 292 g/mol. The van der Waals surface area contributed by atoms with Crippen molar-refractivity contribution in [2.45, 2.75) is 0 Å². The number of nitrogens with zero attached hydrogens (tertiary/aromatic N) is 1. The fourth-order valence-corrected chi connectivity index (χ4v) is 2.49. The molecule has 0 aliphatic carbocycles. The second-order valence-electron chi connectivity index (χ2n) is 4.50. The molecule has 3 rings (SSSR count). The number of aromatic amines is 1. The number of fused-ring (bicyclic) bond motifs is 1. The van der Waals surface area contributed by atoms with Crippen molar-refractivity contribution in [1.82, 2.24) is 4.98 Å². The smallest absolute Gasteiger partial charge is 0.270 e. The molecule has 104 valence electrons. The quantitative estimate of drug-likeness (QED) is 0.449. The Labute approximate surface area is 124 Å². The molecule has 1 N–H and O–H groups in total. The molecule has 2 aromatic carbocycles. The molecule has 0 saturated carbocycles. The predicted octanol–water partition coefficient (Wildman–Crippen LogP) is 4.12. The standard InChI is InChI=1S/C15H9ClN2O3/c16-15(19)14-13(9-4-2-1-3-5-9)11-8-10(18(20)21)6-7-12(11)17-14/h1-8,17H. The second kappa shape index (κ2) is 5.03. The van der Waals surface area contributed by atoms with Crippen molar-refractivity contribution in [2.75, 3.05) is 0 Å². The van der Waals surface area contributed by atoms with Crippen LogP contribution >= 0.6 is 11.6 Å². The second-order valence-corrected chi connectivity index (χ2v) is 4.85. The zero-order valence-corrected chi connectivity index (χ0v) is 11.4. The van der Waals surface area contributed by atoms with Crippen molar-refractivity contribution in [3.63, 3.8) is 0 Å². The summed E-state index contributed by atoms with van der Waals surface area (Å²) >= 11 is 5.63. The Bertz CT molecular complexity index is 856. The third-order valence-corrected chi connectivity index (χ3v) is 3.44. The maximum absolute atomic E-state index is 11.6. The fourth-order valence-electron chi connectivity index (χ4n) is 2.35. The highest BCUT2D eigenvalue weighted by molar-refractivity contribution is 6.68. The number of halogens is 1. The predicted molar refractivity (Wildman–Crippen MR) is 80.6 cm³/mol. The van der Waals surface area contributed by atoms with Crippen LogP contribution in [0.15, 0.2) is 48.5 Å². The molecule has 0 fully saturated rings. The topological polar surface area (TPSA) is 76.0 Å². The summed E-state index contributed by atoms with van der Waals surface area (Å²) in [7, 11) is 0. The molecule has 0 spiro atoms. The molecule has 0 bridgehead atoms. The van der Waals surface area contributed by atoms with Crippen LogP contribution in [0.4, 0.5) is 5.69 Å². The van der Waals surface area contributed by atoms with Gasteiger partial charge in [-0.25, -0.2) is 0 Å². The number of nitrogens with one attached hydrogen (secondary N) is 1. The number of aromatic nitrogens is 1. The highest BCUT2D eigenvalue weighted by Gasteiger charge is 2.19. The van der Waals surface area contributed by atoms with Gasteiger partial charge in [0, 0.05) is 28.6 Å². The minimum atomic E-state index is -0.632. The third-order valence-electron chi connectivity index (χ3n) is 3.25. The lowest BCUT2D eigenvalue weighted by Crippen LogP contribution is -1.92. The Kier molecular flexibility index (Phi) is 3.19. The Hall–Kier alpha value is -2.66. The van der Waals surface area contributed by atoms with E-state index in [4.69, 9.17) is 11.6 Å². The first-order chi connectivity index (χ1) is 10.1. The van der Waals surface area contributed by atoms with E-state index in [-0.39, 0.29) is 11.4 Å². The summed E-state index contributed by atoms with van der Waals surface area (Å²) < 4.78 is 0. The van der Waals surface area contributed by atoms with Crippen molar-refractivity contribution < 1.29 is 9.72 Å². The van der Waals surface area contributed by atoms with Crippen LogP contribution in [0, 0.1) is 10.1 Å². The van der Waals surface area contributed by atoms with Gasteiger partial charge in [0.1, 0.15) is 5.69 Å². The van der Waals surface area contributed by atoms with Gasteiger partial charge in [-0.2, -0.15) is 0 Å². The zero-order chi connectivity index (χ0) is 15.0. The van der Waals surface area contributed by atoms with Crippen LogP contribution in [0.2, 0.25) is 0 Å². The highest BCUT2D eigenvalue weighted by atomic mass is 35.5. The van der Waals surface area contributed by atoms with E-state index in [2.05, 4.69) is 4.98 Å². The molecule has 21 heavy (non-hydrogen) atoms. The lowest BCUT2D eigenvalue weighted by Gasteiger charge is -2.01. The molecule has 0 amide bonds. The van der Waals surface area contributed by atoms with Gasteiger partial charge in [-0.15, -0.1) is 0 Å². The Morgan fingerprint density at radius 1 is 1.14 bits per heavy atom. The molecule has 6 heteroatoms. The first-order valence-electron chi connectivity index (χ1n) is 6.13. The Balaban J connectivity index is 2.37. The van der Waals surface area contributed by atoms with Crippen LogP contribution in [0.1, 0.15) is 10.5 Å². The molecule has 0 atom stereocenters. The van der Waals surface area contributed by atoms with Gasteiger partial charge >= 0.3 is 0 Å². The number of nitro benzene ring substituents is 1. The van der Waals surface area contributed by atoms with E-state index >= 15 is 0 Å².